The van der Waals surface area contributed by atoms with Gasteiger partial charge in [0.05, 0.1) is 5.71 Å². The van der Waals surface area contributed by atoms with Gasteiger partial charge in [0, 0.05) is 6.54 Å². The van der Waals surface area contributed by atoms with Gasteiger partial charge in [0.2, 0.25) is 0 Å². The number of hydrogen-bond donors (Lipinski definition) is 1. The van der Waals surface area contributed by atoms with Gasteiger partial charge in [-0.25, -0.2) is 0 Å². The summed E-state index contributed by atoms with van der Waals surface area (Å²) in [4.78, 5) is 4.89. The van der Waals surface area contributed by atoms with Crippen molar-refractivity contribution in [1.29, 1.82) is 0 Å². The standard InChI is InChI=1S/C7H16N2O/c1-3-7(4-2)9-10-6-5-8/h3-6,8H2,1-2H3. The van der Waals surface area contributed by atoms with Crippen LogP contribution in [0, 0.1) is 0 Å². The summed E-state index contributed by atoms with van der Waals surface area (Å²) in [5.74, 6) is 0. The molecule has 0 heterocycles. The summed E-state index contributed by atoms with van der Waals surface area (Å²) >= 11 is 0. The average molecular weight is 144 g/mol. The Balaban J connectivity index is 3.43. The molecule has 0 rings (SSSR count). The van der Waals surface area contributed by atoms with Crippen LogP contribution in [-0.4, -0.2) is 18.9 Å². The molecular weight excluding hydrogens is 128 g/mol. The summed E-state index contributed by atoms with van der Waals surface area (Å²) in [7, 11) is 0. The molecule has 0 unspecified atom stereocenters. The van der Waals surface area contributed by atoms with E-state index in [4.69, 9.17) is 10.6 Å². The SMILES string of the molecule is CCC(CC)=NOCCN. The van der Waals surface area contributed by atoms with Crippen molar-refractivity contribution in [3.8, 4) is 0 Å². The summed E-state index contributed by atoms with van der Waals surface area (Å²) in [6.45, 7) is 5.18. The van der Waals surface area contributed by atoms with Gasteiger partial charge in [-0.15, -0.1) is 0 Å². The Hall–Kier alpha value is -0.570. The molecule has 0 bridgehead atoms. The van der Waals surface area contributed by atoms with Gasteiger partial charge in [-0.2, -0.15) is 0 Å². The molecule has 0 aromatic carbocycles. The maximum atomic E-state index is 5.20. The Bertz CT molecular complexity index is 95.8. The Morgan fingerprint density at radius 2 is 2.00 bits per heavy atom. The van der Waals surface area contributed by atoms with E-state index in [2.05, 4.69) is 19.0 Å². The van der Waals surface area contributed by atoms with Crippen LogP contribution in [0.2, 0.25) is 0 Å². The second-order valence-corrected chi connectivity index (χ2v) is 1.99. The fourth-order valence-corrected chi connectivity index (χ4v) is 0.569. The molecule has 60 valence electrons. The van der Waals surface area contributed by atoms with Gasteiger partial charge in [0.1, 0.15) is 6.61 Å². The van der Waals surface area contributed by atoms with Crippen molar-refractivity contribution < 1.29 is 4.84 Å². The second kappa shape index (κ2) is 6.55. The highest BCUT2D eigenvalue weighted by molar-refractivity contribution is 5.83. The molecule has 0 aliphatic rings. The van der Waals surface area contributed by atoms with Gasteiger partial charge >= 0.3 is 0 Å². The third-order valence-electron chi connectivity index (χ3n) is 1.22. The monoisotopic (exact) mass is 144 g/mol. The van der Waals surface area contributed by atoms with Crippen LogP contribution in [0.4, 0.5) is 0 Å². The van der Waals surface area contributed by atoms with E-state index < -0.39 is 0 Å². The van der Waals surface area contributed by atoms with Crippen LogP contribution in [0.5, 0.6) is 0 Å². The summed E-state index contributed by atoms with van der Waals surface area (Å²) in [5, 5.41) is 3.89. The molecule has 0 saturated carbocycles. The normalized spacial score (nSPS) is 9.10. The zero-order valence-electron chi connectivity index (χ0n) is 6.76. The van der Waals surface area contributed by atoms with E-state index in [9.17, 15) is 0 Å². The van der Waals surface area contributed by atoms with E-state index in [1.54, 1.807) is 0 Å². The smallest absolute Gasteiger partial charge is 0.129 e. The highest BCUT2D eigenvalue weighted by atomic mass is 16.6. The summed E-state index contributed by atoms with van der Waals surface area (Å²) in [5.41, 5.74) is 6.29. The van der Waals surface area contributed by atoms with Crippen LogP contribution in [-0.2, 0) is 4.84 Å². The van der Waals surface area contributed by atoms with Crippen molar-refractivity contribution in [2.45, 2.75) is 26.7 Å². The highest BCUT2D eigenvalue weighted by Gasteiger charge is 1.90. The lowest BCUT2D eigenvalue weighted by Crippen LogP contribution is -2.06. The Labute approximate surface area is 62.2 Å². The summed E-state index contributed by atoms with van der Waals surface area (Å²) in [6.07, 6.45) is 1.92. The van der Waals surface area contributed by atoms with Crippen LogP contribution in [0.1, 0.15) is 26.7 Å². The number of oxime groups is 1. The second-order valence-electron chi connectivity index (χ2n) is 1.99. The van der Waals surface area contributed by atoms with Gasteiger partial charge in [-0.1, -0.05) is 19.0 Å². The summed E-state index contributed by atoms with van der Waals surface area (Å²) in [6, 6.07) is 0. The molecule has 0 saturated heterocycles. The van der Waals surface area contributed by atoms with Crippen LogP contribution >= 0.6 is 0 Å². The van der Waals surface area contributed by atoms with Crippen molar-refractivity contribution in [3.63, 3.8) is 0 Å². The number of hydrogen-bond acceptors (Lipinski definition) is 3. The fourth-order valence-electron chi connectivity index (χ4n) is 0.569. The molecule has 2 N–H and O–H groups in total. The van der Waals surface area contributed by atoms with E-state index >= 15 is 0 Å². The Morgan fingerprint density at radius 1 is 1.40 bits per heavy atom. The zero-order chi connectivity index (χ0) is 7.82. The lowest BCUT2D eigenvalue weighted by molar-refractivity contribution is 0.151. The van der Waals surface area contributed by atoms with Gasteiger partial charge in [0.15, 0.2) is 0 Å². The molecule has 0 aromatic heterocycles. The van der Waals surface area contributed by atoms with E-state index in [1.807, 2.05) is 0 Å². The van der Waals surface area contributed by atoms with Crippen LogP contribution in [0.15, 0.2) is 5.16 Å². The molecule has 0 aliphatic carbocycles. The van der Waals surface area contributed by atoms with E-state index in [-0.39, 0.29) is 0 Å². The molecule has 0 amide bonds. The Kier molecular flexibility index (Phi) is 6.18. The molecular formula is C7H16N2O. The molecule has 0 fully saturated rings. The minimum atomic E-state index is 0.517. The molecule has 3 heteroatoms. The van der Waals surface area contributed by atoms with Crippen molar-refractivity contribution in [1.82, 2.24) is 0 Å². The first kappa shape index (κ1) is 9.43. The maximum Gasteiger partial charge on any atom is 0.129 e. The summed E-state index contributed by atoms with van der Waals surface area (Å²) < 4.78 is 0. The third kappa shape index (κ3) is 4.32. The highest BCUT2D eigenvalue weighted by Crippen LogP contribution is 1.91. The fraction of sp³-hybridized carbons (Fsp3) is 0.857. The van der Waals surface area contributed by atoms with Gasteiger partial charge in [-0.3, -0.25) is 0 Å². The molecule has 3 nitrogen and oxygen atoms in total. The van der Waals surface area contributed by atoms with Crippen molar-refractivity contribution >= 4 is 5.71 Å². The van der Waals surface area contributed by atoms with Crippen LogP contribution in [0.3, 0.4) is 0 Å². The molecule has 0 aromatic rings. The maximum absolute atomic E-state index is 5.20. The molecule has 0 spiro atoms. The third-order valence-corrected chi connectivity index (χ3v) is 1.22. The minimum absolute atomic E-state index is 0.517. The zero-order valence-corrected chi connectivity index (χ0v) is 6.76. The predicted molar refractivity (Wildman–Crippen MR) is 43.0 cm³/mol. The van der Waals surface area contributed by atoms with Crippen molar-refractivity contribution in [3.05, 3.63) is 0 Å². The van der Waals surface area contributed by atoms with Crippen molar-refractivity contribution in [2.24, 2.45) is 10.9 Å². The van der Waals surface area contributed by atoms with Gasteiger partial charge < -0.3 is 10.6 Å². The average Bonchev–Trinajstić information content (AvgIpc) is 1.99. The van der Waals surface area contributed by atoms with Crippen LogP contribution in [0.25, 0.3) is 0 Å². The van der Waals surface area contributed by atoms with E-state index in [0.29, 0.717) is 13.2 Å². The van der Waals surface area contributed by atoms with Gasteiger partial charge in [0.25, 0.3) is 0 Å². The molecule has 0 radical (unpaired) electrons. The largest absolute Gasteiger partial charge is 0.395 e. The quantitative estimate of drug-likeness (QED) is 0.357. The Morgan fingerprint density at radius 3 is 2.40 bits per heavy atom. The number of nitrogens with zero attached hydrogens (tertiary/aromatic N) is 1. The number of nitrogens with two attached hydrogens (primary N) is 1. The molecule has 0 atom stereocenters. The predicted octanol–water partition coefficient (Wildman–Crippen LogP) is 1.14. The molecule has 10 heavy (non-hydrogen) atoms. The van der Waals surface area contributed by atoms with E-state index in [1.165, 1.54) is 0 Å². The molecule has 0 aliphatic heterocycles. The lowest BCUT2D eigenvalue weighted by atomic mass is 10.2. The first-order valence-electron chi connectivity index (χ1n) is 3.72. The van der Waals surface area contributed by atoms with Crippen molar-refractivity contribution in [2.75, 3.05) is 13.2 Å². The topological polar surface area (TPSA) is 47.6 Å². The number of rotatable bonds is 5. The minimum Gasteiger partial charge on any atom is -0.395 e. The van der Waals surface area contributed by atoms with Crippen LogP contribution < -0.4 is 5.73 Å². The van der Waals surface area contributed by atoms with Gasteiger partial charge in [-0.05, 0) is 12.8 Å². The van der Waals surface area contributed by atoms with E-state index in [0.717, 1.165) is 18.6 Å². The first-order chi connectivity index (χ1) is 4.85. The first-order valence-corrected chi connectivity index (χ1v) is 3.72. The lowest BCUT2D eigenvalue weighted by Gasteiger charge is -1.98.